The number of hydrogen-bond acceptors (Lipinski definition) is 2. The number of aliphatic carboxylic acids is 1. The topological polar surface area (TPSA) is 46.5 Å². The van der Waals surface area contributed by atoms with Gasteiger partial charge in [-0.15, -0.1) is 0 Å². The van der Waals surface area contributed by atoms with Gasteiger partial charge in [-0.1, -0.05) is 41.0 Å². The minimum Gasteiger partial charge on any atom is -0.479 e. The second kappa shape index (κ2) is 5.60. The number of carbonyl (C=O) groups is 1. The van der Waals surface area contributed by atoms with Crippen LogP contribution in [0.4, 0.5) is 0 Å². The van der Waals surface area contributed by atoms with Crippen LogP contribution in [-0.4, -0.2) is 22.8 Å². The van der Waals surface area contributed by atoms with E-state index in [1.165, 1.54) is 0 Å². The number of carboxylic acids is 1. The van der Waals surface area contributed by atoms with Gasteiger partial charge < -0.3 is 9.84 Å². The molecule has 1 aliphatic rings. The Bertz CT molecular complexity index is 302. The molecule has 106 valence electrons. The highest BCUT2D eigenvalue weighted by molar-refractivity contribution is 5.77. The van der Waals surface area contributed by atoms with E-state index in [4.69, 9.17) is 4.74 Å². The quantitative estimate of drug-likeness (QED) is 0.836. The maximum absolute atomic E-state index is 11.4. The van der Waals surface area contributed by atoms with Gasteiger partial charge in [0, 0.05) is 0 Å². The average Bonchev–Trinajstić information content (AvgIpc) is 2.31. The van der Waals surface area contributed by atoms with Gasteiger partial charge in [0.05, 0.1) is 6.10 Å². The second-order valence-corrected chi connectivity index (χ2v) is 6.40. The van der Waals surface area contributed by atoms with Crippen molar-refractivity contribution in [2.45, 2.75) is 66.1 Å². The standard InChI is InChI=1S/C15H28O3/c1-7-9(2)11(4)13-12(5)10(3)8-15(6,18-13)14(16)17/h9-13H,7-8H2,1-6H3,(H,16,17)/t9-,10?,11-,12?,13?,15?/m1/s1. The van der Waals surface area contributed by atoms with E-state index in [-0.39, 0.29) is 6.10 Å². The SMILES string of the molecule is CC[C@@H](C)[C@@H](C)C1OC(C)(C(=O)O)CC(C)C1C. The summed E-state index contributed by atoms with van der Waals surface area (Å²) < 4.78 is 6.00. The summed E-state index contributed by atoms with van der Waals surface area (Å²) in [6.45, 7) is 12.6. The Morgan fingerprint density at radius 3 is 2.44 bits per heavy atom. The monoisotopic (exact) mass is 256 g/mol. The normalized spacial score (nSPS) is 40.2. The molecule has 3 nitrogen and oxygen atoms in total. The van der Waals surface area contributed by atoms with E-state index in [1.54, 1.807) is 6.92 Å². The van der Waals surface area contributed by atoms with Crippen molar-refractivity contribution >= 4 is 5.97 Å². The molecule has 1 N–H and O–H groups in total. The Kier molecular flexibility index (Phi) is 4.82. The fourth-order valence-corrected chi connectivity index (χ4v) is 3.00. The van der Waals surface area contributed by atoms with Crippen LogP contribution in [-0.2, 0) is 9.53 Å². The molecule has 1 heterocycles. The van der Waals surface area contributed by atoms with Crippen LogP contribution >= 0.6 is 0 Å². The summed E-state index contributed by atoms with van der Waals surface area (Å²) in [5.41, 5.74) is -1.02. The predicted octanol–water partition coefficient (Wildman–Crippen LogP) is 3.57. The molecule has 4 unspecified atom stereocenters. The third kappa shape index (κ3) is 2.87. The van der Waals surface area contributed by atoms with Crippen LogP contribution in [0.3, 0.4) is 0 Å². The van der Waals surface area contributed by atoms with Crippen LogP contribution in [0.25, 0.3) is 0 Å². The number of hydrogen-bond donors (Lipinski definition) is 1. The van der Waals surface area contributed by atoms with Crippen molar-refractivity contribution in [2.24, 2.45) is 23.7 Å². The highest BCUT2D eigenvalue weighted by atomic mass is 16.5. The first-order chi connectivity index (χ1) is 8.23. The molecule has 0 aliphatic carbocycles. The van der Waals surface area contributed by atoms with E-state index in [2.05, 4.69) is 34.6 Å². The van der Waals surface area contributed by atoms with Gasteiger partial charge in [-0.3, -0.25) is 0 Å². The van der Waals surface area contributed by atoms with Crippen molar-refractivity contribution in [3.05, 3.63) is 0 Å². The Balaban J connectivity index is 2.92. The molecule has 1 saturated heterocycles. The van der Waals surface area contributed by atoms with Crippen molar-refractivity contribution < 1.29 is 14.6 Å². The lowest BCUT2D eigenvalue weighted by Gasteiger charge is -2.46. The summed E-state index contributed by atoms with van der Waals surface area (Å²) in [7, 11) is 0. The molecule has 6 atom stereocenters. The zero-order chi connectivity index (χ0) is 14.1. The van der Waals surface area contributed by atoms with Crippen LogP contribution in [0.15, 0.2) is 0 Å². The third-order valence-electron chi connectivity index (χ3n) is 5.04. The largest absolute Gasteiger partial charge is 0.479 e. The molecule has 0 aromatic carbocycles. The van der Waals surface area contributed by atoms with Crippen molar-refractivity contribution in [1.82, 2.24) is 0 Å². The molecule has 1 fully saturated rings. The van der Waals surface area contributed by atoms with Gasteiger partial charge in [0.1, 0.15) is 0 Å². The van der Waals surface area contributed by atoms with Gasteiger partial charge in [0.25, 0.3) is 0 Å². The zero-order valence-corrected chi connectivity index (χ0v) is 12.6. The van der Waals surface area contributed by atoms with Gasteiger partial charge >= 0.3 is 5.97 Å². The lowest BCUT2D eigenvalue weighted by molar-refractivity contribution is -0.205. The van der Waals surface area contributed by atoms with Gasteiger partial charge in [-0.25, -0.2) is 4.79 Å². The highest BCUT2D eigenvalue weighted by Crippen LogP contribution is 2.41. The first kappa shape index (κ1) is 15.5. The second-order valence-electron chi connectivity index (χ2n) is 6.40. The maximum atomic E-state index is 11.4. The van der Waals surface area contributed by atoms with Gasteiger partial charge in [-0.05, 0) is 37.0 Å². The minimum atomic E-state index is -1.02. The molecular formula is C15H28O3. The molecule has 0 aromatic rings. The first-order valence-corrected chi connectivity index (χ1v) is 7.14. The Labute approximate surface area is 111 Å². The van der Waals surface area contributed by atoms with Crippen LogP contribution in [0.1, 0.15) is 54.4 Å². The summed E-state index contributed by atoms with van der Waals surface area (Å²) in [6.07, 6.45) is 1.75. The Hall–Kier alpha value is -0.570. The van der Waals surface area contributed by atoms with Gasteiger partial charge in [-0.2, -0.15) is 0 Å². The van der Waals surface area contributed by atoms with Crippen LogP contribution in [0.5, 0.6) is 0 Å². The molecule has 0 radical (unpaired) electrons. The van der Waals surface area contributed by atoms with E-state index in [9.17, 15) is 9.90 Å². The van der Waals surface area contributed by atoms with Crippen LogP contribution in [0, 0.1) is 23.7 Å². The molecular weight excluding hydrogens is 228 g/mol. The average molecular weight is 256 g/mol. The Morgan fingerprint density at radius 2 is 2.00 bits per heavy atom. The molecule has 1 rings (SSSR count). The predicted molar refractivity (Wildman–Crippen MR) is 72.5 cm³/mol. The Morgan fingerprint density at radius 1 is 1.44 bits per heavy atom. The van der Waals surface area contributed by atoms with E-state index in [0.717, 1.165) is 6.42 Å². The maximum Gasteiger partial charge on any atom is 0.335 e. The lowest BCUT2D eigenvalue weighted by atomic mass is 9.72. The van der Waals surface area contributed by atoms with Gasteiger partial charge in [0.15, 0.2) is 5.60 Å². The molecule has 18 heavy (non-hydrogen) atoms. The molecule has 3 heteroatoms. The molecule has 0 bridgehead atoms. The van der Waals surface area contributed by atoms with Crippen molar-refractivity contribution in [3.8, 4) is 0 Å². The number of ether oxygens (including phenoxy) is 1. The smallest absolute Gasteiger partial charge is 0.335 e. The van der Waals surface area contributed by atoms with Crippen LogP contribution in [0.2, 0.25) is 0 Å². The zero-order valence-electron chi connectivity index (χ0n) is 12.6. The number of rotatable bonds is 4. The van der Waals surface area contributed by atoms with E-state index >= 15 is 0 Å². The summed E-state index contributed by atoms with van der Waals surface area (Å²) in [5, 5.41) is 9.37. The molecule has 0 spiro atoms. The molecule has 0 saturated carbocycles. The molecule has 0 amide bonds. The van der Waals surface area contributed by atoms with Crippen molar-refractivity contribution in [3.63, 3.8) is 0 Å². The fraction of sp³-hybridized carbons (Fsp3) is 0.933. The van der Waals surface area contributed by atoms with Crippen LogP contribution < -0.4 is 0 Å². The number of carboxylic acid groups (broad SMARTS) is 1. The van der Waals surface area contributed by atoms with E-state index in [0.29, 0.717) is 30.1 Å². The summed E-state index contributed by atoms with van der Waals surface area (Å²) in [4.78, 5) is 11.4. The summed E-state index contributed by atoms with van der Waals surface area (Å²) in [5.74, 6) is 0.924. The summed E-state index contributed by atoms with van der Waals surface area (Å²) >= 11 is 0. The molecule has 1 aliphatic heterocycles. The van der Waals surface area contributed by atoms with Crippen molar-refractivity contribution in [2.75, 3.05) is 0 Å². The third-order valence-corrected chi connectivity index (χ3v) is 5.04. The molecule has 0 aromatic heterocycles. The fourth-order valence-electron chi connectivity index (χ4n) is 3.00. The summed E-state index contributed by atoms with van der Waals surface area (Å²) in [6, 6.07) is 0. The van der Waals surface area contributed by atoms with E-state index < -0.39 is 11.6 Å². The highest BCUT2D eigenvalue weighted by Gasteiger charge is 2.47. The van der Waals surface area contributed by atoms with E-state index in [1.807, 2.05) is 0 Å². The lowest BCUT2D eigenvalue weighted by Crippen LogP contribution is -2.53. The van der Waals surface area contributed by atoms with Gasteiger partial charge in [0.2, 0.25) is 0 Å². The minimum absolute atomic E-state index is 0.0461. The first-order valence-electron chi connectivity index (χ1n) is 7.14. The van der Waals surface area contributed by atoms with Crippen molar-refractivity contribution in [1.29, 1.82) is 0 Å².